The lowest BCUT2D eigenvalue weighted by Gasteiger charge is -2.30. The molecule has 0 saturated heterocycles. The van der Waals surface area contributed by atoms with E-state index in [0.29, 0.717) is 32.7 Å². The Morgan fingerprint density at radius 3 is 2.62 bits per heavy atom. The molecule has 0 aliphatic heterocycles. The van der Waals surface area contributed by atoms with Crippen molar-refractivity contribution in [3.8, 4) is 5.75 Å². The zero-order valence-corrected chi connectivity index (χ0v) is 20.4. The first-order chi connectivity index (χ1) is 15.2. The van der Waals surface area contributed by atoms with E-state index in [2.05, 4.69) is 39.8 Å². The largest absolute Gasteiger partial charge is 0.494 e. The number of fused-ring (bicyclic) bond motifs is 1. The zero-order chi connectivity index (χ0) is 23.0. The molecule has 1 fully saturated rings. The monoisotopic (exact) mass is 578 g/mol. The van der Waals surface area contributed by atoms with Gasteiger partial charge in [-0.1, -0.05) is 29.5 Å². The Hall–Kier alpha value is -1.89. The Morgan fingerprint density at radius 1 is 1.31 bits per heavy atom. The van der Waals surface area contributed by atoms with Gasteiger partial charge < -0.3 is 10.1 Å². The predicted octanol–water partition coefficient (Wildman–Crippen LogP) is 6.33. The number of amides is 1. The van der Waals surface area contributed by atoms with Crippen LogP contribution in [-0.4, -0.2) is 31.7 Å². The first-order valence-electron chi connectivity index (χ1n) is 10.2. The van der Waals surface area contributed by atoms with E-state index in [1.807, 2.05) is 10.9 Å². The van der Waals surface area contributed by atoms with Crippen LogP contribution in [0.3, 0.4) is 0 Å². The third-order valence-corrected chi connectivity index (χ3v) is 7.70. The van der Waals surface area contributed by atoms with E-state index < -0.39 is 17.8 Å². The van der Waals surface area contributed by atoms with Crippen molar-refractivity contribution in [1.29, 1.82) is 0 Å². The molecule has 1 aliphatic carbocycles. The Bertz CT molecular complexity index is 1120. The van der Waals surface area contributed by atoms with Crippen LogP contribution in [0.1, 0.15) is 54.1 Å². The Balaban J connectivity index is 1.55. The average molecular weight is 578 g/mol. The number of carbonyl (C=O) groups is 1. The van der Waals surface area contributed by atoms with Crippen LogP contribution in [0.25, 0.3) is 10.9 Å². The van der Waals surface area contributed by atoms with Crippen LogP contribution in [0.15, 0.2) is 23.7 Å². The highest BCUT2D eigenvalue weighted by Gasteiger charge is 2.34. The van der Waals surface area contributed by atoms with Crippen LogP contribution in [-0.2, 0) is 6.18 Å². The quantitative estimate of drug-likeness (QED) is 0.284. The molecule has 4 rings (SSSR count). The molecule has 1 amide bonds. The van der Waals surface area contributed by atoms with E-state index in [-0.39, 0.29) is 5.01 Å². The van der Waals surface area contributed by atoms with Gasteiger partial charge in [0.1, 0.15) is 5.75 Å². The number of aromatic nitrogens is 3. The Labute approximate surface area is 200 Å². The average Bonchev–Trinajstić information content (AvgIpc) is 3.40. The molecule has 2 heterocycles. The summed E-state index contributed by atoms with van der Waals surface area (Å²) < 4.78 is 46.4. The molecule has 172 valence electrons. The van der Waals surface area contributed by atoms with Crippen LogP contribution in [0.5, 0.6) is 5.75 Å². The molecule has 1 N–H and O–H groups in total. The fourth-order valence-electron chi connectivity index (χ4n) is 4.03. The van der Waals surface area contributed by atoms with E-state index in [9.17, 15) is 18.0 Å². The number of alkyl halides is 4. The van der Waals surface area contributed by atoms with Gasteiger partial charge in [0.2, 0.25) is 0 Å². The van der Waals surface area contributed by atoms with E-state index in [4.69, 9.17) is 9.84 Å². The van der Waals surface area contributed by atoms with Crippen molar-refractivity contribution >= 4 is 56.4 Å². The van der Waals surface area contributed by atoms with Gasteiger partial charge in [0.15, 0.2) is 10.7 Å². The summed E-state index contributed by atoms with van der Waals surface area (Å²) in [6, 6.07) is 3.78. The zero-order valence-electron chi connectivity index (χ0n) is 17.4. The number of hydrogen-bond donors (Lipinski definition) is 1. The molecule has 32 heavy (non-hydrogen) atoms. The number of benzene rings is 1. The van der Waals surface area contributed by atoms with Crippen LogP contribution in [0, 0.1) is 5.92 Å². The molecule has 1 saturated carbocycles. The molecule has 11 heteroatoms. The van der Waals surface area contributed by atoms with Crippen LogP contribution >= 0.6 is 33.9 Å². The first-order valence-corrected chi connectivity index (χ1v) is 12.3. The molecule has 1 unspecified atom stereocenters. The van der Waals surface area contributed by atoms with E-state index in [0.717, 1.165) is 35.0 Å². The minimum atomic E-state index is -4.59. The number of thiazole rings is 1. The predicted molar refractivity (Wildman–Crippen MR) is 126 cm³/mol. The minimum absolute atomic E-state index is 0.267. The fraction of sp³-hybridized carbons (Fsp3) is 0.476. The smallest absolute Gasteiger partial charge is 0.434 e. The van der Waals surface area contributed by atoms with Gasteiger partial charge in [0, 0.05) is 27.0 Å². The summed E-state index contributed by atoms with van der Waals surface area (Å²) in [5.41, 5.74) is 0.0108. The maximum Gasteiger partial charge on any atom is 0.434 e. The molecule has 3 aromatic rings. The van der Waals surface area contributed by atoms with Crippen molar-refractivity contribution in [2.75, 3.05) is 12.4 Å². The summed E-state index contributed by atoms with van der Waals surface area (Å²) >= 11 is 3.14. The molecule has 1 aliphatic rings. The minimum Gasteiger partial charge on any atom is -0.494 e. The van der Waals surface area contributed by atoms with E-state index >= 15 is 0 Å². The lowest BCUT2D eigenvalue weighted by molar-refractivity contribution is -0.140. The summed E-state index contributed by atoms with van der Waals surface area (Å²) in [6.07, 6.45) is 1.84. The summed E-state index contributed by atoms with van der Waals surface area (Å²) in [7, 11) is 1.46. The fourth-order valence-corrected chi connectivity index (χ4v) is 5.47. The van der Waals surface area contributed by atoms with Gasteiger partial charge in [-0.15, -0.1) is 11.3 Å². The Morgan fingerprint density at radius 2 is 2.03 bits per heavy atom. The van der Waals surface area contributed by atoms with Gasteiger partial charge in [-0.05, 0) is 37.7 Å². The van der Waals surface area contributed by atoms with Gasteiger partial charge >= 0.3 is 6.18 Å². The molecule has 2 aromatic heterocycles. The highest BCUT2D eigenvalue weighted by atomic mass is 127. The maximum atomic E-state index is 12.8. The van der Waals surface area contributed by atoms with Crippen molar-refractivity contribution < 1.29 is 22.7 Å². The molecule has 6 nitrogen and oxygen atoms in total. The van der Waals surface area contributed by atoms with Gasteiger partial charge in [-0.25, -0.2) is 4.98 Å². The normalized spacial score (nSPS) is 20.3. The van der Waals surface area contributed by atoms with Crippen molar-refractivity contribution in [2.24, 2.45) is 5.92 Å². The van der Waals surface area contributed by atoms with E-state index in [1.54, 1.807) is 12.1 Å². The van der Waals surface area contributed by atoms with Crippen LogP contribution < -0.4 is 10.1 Å². The molecular weight excluding hydrogens is 556 g/mol. The molecule has 1 aromatic carbocycles. The second-order valence-electron chi connectivity index (χ2n) is 7.96. The maximum absolute atomic E-state index is 12.8. The number of hydrogen-bond acceptors (Lipinski definition) is 5. The number of methoxy groups -OCH3 is 1. The van der Waals surface area contributed by atoms with Gasteiger partial charge in [0.25, 0.3) is 5.91 Å². The van der Waals surface area contributed by atoms with Crippen molar-refractivity contribution in [3.05, 3.63) is 34.4 Å². The lowest BCUT2D eigenvalue weighted by Crippen LogP contribution is -2.22. The van der Waals surface area contributed by atoms with Crippen LogP contribution in [0.2, 0.25) is 0 Å². The molecule has 0 spiro atoms. The standard InChI is InChI=1S/C21H22F3IN4O2S/c1-11(25)12-3-5-14(6-4-12)29-9-13-7-16(17(31-2)8-15(13)28-29)26-19(30)20-27-18(10-32-20)21(22,23)24/h7-12,14H,3-6H2,1-2H3,(H,26,30). The SMILES string of the molecule is COc1cc2nn(C3CCC(C(C)I)CC3)cc2cc1NC(=O)c1nc(C(F)(F)F)cs1. The highest BCUT2D eigenvalue weighted by molar-refractivity contribution is 14.1. The van der Waals surface area contributed by atoms with Crippen molar-refractivity contribution in [3.63, 3.8) is 0 Å². The number of nitrogens with zero attached hydrogens (tertiary/aromatic N) is 3. The van der Waals surface area contributed by atoms with Gasteiger partial charge in [-0.3, -0.25) is 9.48 Å². The lowest BCUT2D eigenvalue weighted by atomic mass is 9.84. The summed E-state index contributed by atoms with van der Waals surface area (Å²) in [5.74, 6) is 0.399. The van der Waals surface area contributed by atoms with Crippen LogP contribution in [0.4, 0.5) is 18.9 Å². The molecule has 0 radical (unpaired) electrons. The summed E-state index contributed by atoms with van der Waals surface area (Å²) in [5, 5.41) is 8.71. The second kappa shape index (κ2) is 9.16. The first kappa shape index (κ1) is 23.3. The second-order valence-corrected chi connectivity index (χ2v) is 10.8. The highest BCUT2D eigenvalue weighted by Crippen LogP contribution is 2.37. The number of anilines is 1. The number of halogens is 4. The molecular formula is C21H22F3IN4O2S. The number of nitrogens with one attached hydrogen (secondary N) is 1. The third-order valence-electron chi connectivity index (χ3n) is 5.85. The van der Waals surface area contributed by atoms with Crippen molar-refractivity contribution in [1.82, 2.24) is 14.8 Å². The Kier molecular flexibility index (Phi) is 6.66. The van der Waals surface area contributed by atoms with Gasteiger partial charge in [-0.2, -0.15) is 18.3 Å². The van der Waals surface area contributed by atoms with E-state index in [1.165, 1.54) is 20.0 Å². The summed E-state index contributed by atoms with van der Waals surface area (Å²) in [4.78, 5) is 15.9. The molecule has 1 atom stereocenters. The number of carbonyl (C=O) groups excluding carboxylic acids is 1. The topological polar surface area (TPSA) is 69.0 Å². The number of rotatable bonds is 5. The van der Waals surface area contributed by atoms with Gasteiger partial charge in [0.05, 0.1) is 24.4 Å². The van der Waals surface area contributed by atoms with Crippen molar-refractivity contribution in [2.45, 2.75) is 48.7 Å². The molecule has 0 bridgehead atoms. The number of ether oxygens (including phenoxy) is 1. The third kappa shape index (κ3) is 4.87. The summed E-state index contributed by atoms with van der Waals surface area (Å²) in [6.45, 7) is 2.26.